The number of hydrogen-bond donors (Lipinski definition) is 2. The summed E-state index contributed by atoms with van der Waals surface area (Å²) in [5, 5.41) is 8.16. The fourth-order valence-corrected chi connectivity index (χ4v) is 0.465. The van der Waals surface area contributed by atoms with Crippen LogP contribution in [0, 0.1) is 5.41 Å². The molecular formula is C7H15NO. The van der Waals surface area contributed by atoms with Gasteiger partial charge in [0.1, 0.15) is 0 Å². The fraction of sp³-hybridized carbons (Fsp3) is 0.714. The summed E-state index contributed by atoms with van der Waals surface area (Å²) < 4.78 is 0. The van der Waals surface area contributed by atoms with E-state index in [1.807, 2.05) is 6.08 Å². The third-order valence-corrected chi connectivity index (χ3v) is 0.827. The number of hydroxylamine groups is 1. The van der Waals surface area contributed by atoms with Gasteiger partial charge >= 0.3 is 0 Å². The van der Waals surface area contributed by atoms with Crippen LogP contribution < -0.4 is 5.48 Å². The van der Waals surface area contributed by atoms with Crippen molar-refractivity contribution in [2.45, 2.75) is 20.8 Å². The summed E-state index contributed by atoms with van der Waals surface area (Å²) >= 11 is 0. The first-order chi connectivity index (χ1) is 4.06. The van der Waals surface area contributed by atoms with Gasteiger partial charge in [0.15, 0.2) is 0 Å². The van der Waals surface area contributed by atoms with Crippen LogP contribution in [-0.4, -0.2) is 11.8 Å². The highest BCUT2D eigenvalue weighted by Gasteiger charge is 2.01. The average Bonchev–Trinajstić information content (AvgIpc) is 1.63. The van der Waals surface area contributed by atoms with E-state index in [1.165, 1.54) is 0 Å². The largest absolute Gasteiger partial charge is 0.317 e. The van der Waals surface area contributed by atoms with Gasteiger partial charge in [0.05, 0.1) is 0 Å². The van der Waals surface area contributed by atoms with Gasteiger partial charge in [0.2, 0.25) is 0 Å². The lowest BCUT2D eigenvalue weighted by molar-refractivity contribution is 0.179. The molecule has 9 heavy (non-hydrogen) atoms. The standard InChI is InChI=1S/C7H15NO/c1-7(2,3)5-4-6-8-9/h4-5,8-9H,6H2,1-3H3/b5-4+. The molecule has 0 amide bonds. The molecule has 0 atom stereocenters. The SMILES string of the molecule is CC(C)(C)/C=C/CNO. The Kier molecular flexibility index (Phi) is 3.50. The predicted molar refractivity (Wildman–Crippen MR) is 38.4 cm³/mol. The van der Waals surface area contributed by atoms with Gasteiger partial charge in [-0.1, -0.05) is 32.9 Å². The van der Waals surface area contributed by atoms with E-state index in [2.05, 4.69) is 32.3 Å². The van der Waals surface area contributed by atoms with Crippen molar-refractivity contribution in [3.05, 3.63) is 12.2 Å². The van der Waals surface area contributed by atoms with Crippen LogP contribution in [0.25, 0.3) is 0 Å². The lowest BCUT2D eigenvalue weighted by Gasteiger charge is -2.10. The lowest BCUT2D eigenvalue weighted by atomic mass is 9.96. The van der Waals surface area contributed by atoms with Gasteiger partial charge in [-0.2, -0.15) is 0 Å². The quantitative estimate of drug-likeness (QED) is 0.438. The van der Waals surface area contributed by atoms with Gasteiger partial charge in [0, 0.05) is 6.54 Å². The van der Waals surface area contributed by atoms with Gasteiger partial charge in [-0.25, -0.2) is 5.48 Å². The molecule has 0 aliphatic carbocycles. The summed E-state index contributed by atoms with van der Waals surface area (Å²) in [5.74, 6) is 0. The van der Waals surface area contributed by atoms with Crippen LogP contribution in [0.2, 0.25) is 0 Å². The molecule has 2 N–H and O–H groups in total. The van der Waals surface area contributed by atoms with E-state index >= 15 is 0 Å². The molecule has 54 valence electrons. The molecule has 0 heterocycles. The number of allylic oxidation sites excluding steroid dienone is 1. The Labute approximate surface area is 56.5 Å². The summed E-state index contributed by atoms with van der Waals surface area (Å²) in [4.78, 5) is 0. The number of hydrogen-bond acceptors (Lipinski definition) is 2. The molecule has 0 aliphatic heterocycles. The highest BCUT2D eigenvalue weighted by molar-refractivity contribution is 4.92. The van der Waals surface area contributed by atoms with E-state index < -0.39 is 0 Å². The van der Waals surface area contributed by atoms with E-state index in [9.17, 15) is 0 Å². The Balaban J connectivity index is 3.45. The zero-order valence-electron chi connectivity index (χ0n) is 6.31. The first kappa shape index (κ1) is 8.66. The summed E-state index contributed by atoms with van der Waals surface area (Å²) in [6.45, 7) is 6.86. The molecule has 0 unspecified atom stereocenters. The topological polar surface area (TPSA) is 32.3 Å². The van der Waals surface area contributed by atoms with Crippen molar-refractivity contribution in [1.29, 1.82) is 0 Å². The normalized spacial score (nSPS) is 12.9. The molecule has 0 aromatic rings. The molecule has 2 nitrogen and oxygen atoms in total. The fourth-order valence-electron chi connectivity index (χ4n) is 0.465. The average molecular weight is 129 g/mol. The van der Waals surface area contributed by atoms with Crippen molar-refractivity contribution in [3.63, 3.8) is 0 Å². The van der Waals surface area contributed by atoms with Gasteiger partial charge in [-0.05, 0) is 5.41 Å². The van der Waals surface area contributed by atoms with Crippen LogP contribution in [0.4, 0.5) is 0 Å². The lowest BCUT2D eigenvalue weighted by Crippen LogP contribution is -2.07. The van der Waals surface area contributed by atoms with E-state index in [0.717, 1.165) is 0 Å². The molecule has 0 rings (SSSR count). The van der Waals surface area contributed by atoms with Crippen molar-refractivity contribution in [3.8, 4) is 0 Å². The summed E-state index contributed by atoms with van der Waals surface area (Å²) in [6.07, 6.45) is 3.95. The van der Waals surface area contributed by atoms with Crippen molar-refractivity contribution in [2.24, 2.45) is 5.41 Å². The molecule has 0 aromatic carbocycles. The van der Waals surface area contributed by atoms with Crippen LogP contribution in [-0.2, 0) is 0 Å². The molecule has 2 heteroatoms. The zero-order valence-corrected chi connectivity index (χ0v) is 6.31. The van der Waals surface area contributed by atoms with Crippen LogP contribution in [0.15, 0.2) is 12.2 Å². The molecule has 0 fully saturated rings. The Morgan fingerprint density at radius 2 is 2.00 bits per heavy atom. The third-order valence-electron chi connectivity index (χ3n) is 0.827. The maximum atomic E-state index is 8.16. The minimum Gasteiger partial charge on any atom is -0.317 e. The van der Waals surface area contributed by atoms with Crippen molar-refractivity contribution in [1.82, 2.24) is 5.48 Å². The molecule has 0 aromatic heterocycles. The van der Waals surface area contributed by atoms with E-state index in [0.29, 0.717) is 6.54 Å². The highest BCUT2D eigenvalue weighted by Crippen LogP contribution is 2.13. The minimum absolute atomic E-state index is 0.219. The molecule has 0 radical (unpaired) electrons. The van der Waals surface area contributed by atoms with Gasteiger partial charge in [-0.3, -0.25) is 0 Å². The maximum absolute atomic E-state index is 8.16. The second-order valence-corrected chi connectivity index (χ2v) is 3.13. The molecule has 0 bridgehead atoms. The first-order valence-electron chi connectivity index (χ1n) is 3.11. The summed E-state index contributed by atoms with van der Waals surface area (Å²) in [6, 6.07) is 0. The second kappa shape index (κ2) is 3.64. The van der Waals surface area contributed by atoms with Crippen LogP contribution in [0.5, 0.6) is 0 Å². The monoisotopic (exact) mass is 129 g/mol. The van der Waals surface area contributed by atoms with Crippen molar-refractivity contribution < 1.29 is 5.21 Å². The smallest absolute Gasteiger partial charge is 0.0388 e. The third kappa shape index (κ3) is 7.66. The number of rotatable bonds is 2. The van der Waals surface area contributed by atoms with Crippen LogP contribution >= 0.6 is 0 Å². The van der Waals surface area contributed by atoms with Crippen molar-refractivity contribution in [2.75, 3.05) is 6.54 Å². The van der Waals surface area contributed by atoms with Crippen LogP contribution in [0.3, 0.4) is 0 Å². The Hall–Kier alpha value is -0.340. The van der Waals surface area contributed by atoms with Gasteiger partial charge in [-0.15, -0.1) is 0 Å². The summed E-state index contributed by atoms with van der Waals surface area (Å²) in [5.41, 5.74) is 2.27. The zero-order chi connectivity index (χ0) is 7.33. The van der Waals surface area contributed by atoms with Crippen LogP contribution in [0.1, 0.15) is 20.8 Å². The van der Waals surface area contributed by atoms with E-state index in [4.69, 9.17) is 5.21 Å². The highest BCUT2D eigenvalue weighted by atomic mass is 16.5. The number of nitrogens with one attached hydrogen (secondary N) is 1. The second-order valence-electron chi connectivity index (χ2n) is 3.13. The Morgan fingerprint density at radius 1 is 1.44 bits per heavy atom. The van der Waals surface area contributed by atoms with E-state index in [1.54, 1.807) is 0 Å². The first-order valence-corrected chi connectivity index (χ1v) is 3.11. The molecule has 0 saturated heterocycles. The summed E-state index contributed by atoms with van der Waals surface area (Å²) in [7, 11) is 0. The van der Waals surface area contributed by atoms with E-state index in [-0.39, 0.29) is 5.41 Å². The Bertz CT molecular complexity index is 91.6. The van der Waals surface area contributed by atoms with Crippen molar-refractivity contribution >= 4 is 0 Å². The molecule has 0 aliphatic rings. The Morgan fingerprint density at radius 3 is 2.33 bits per heavy atom. The maximum Gasteiger partial charge on any atom is 0.0388 e. The molecule has 0 saturated carbocycles. The van der Waals surface area contributed by atoms with Gasteiger partial charge in [0.25, 0.3) is 0 Å². The van der Waals surface area contributed by atoms with Gasteiger partial charge < -0.3 is 5.21 Å². The predicted octanol–water partition coefficient (Wildman–Crippen LogP) is 1.57. The molecule has 0 spiro atoms. The molecular weight excluding hydrogens is 114 g/mol. The minimum atomic E-state index is 0.219.